The third-order valence-electron chi connectivity index (χ3n) is 1.76. The maximum atomic E-state index is 11.3. The van der Waals surface area contributed by atoms with Gasteiger partial charge in [0.2, 0.25) is 11.6 Å². The number of aromatic nitrogens is 1. The summed E-state index contributed by atoms with van der Waals surface area (Å²) < 4.78 is 0. The van der Waals surface area contributed by atoms with E-state index >= 15 is 0 Å². The molecule has 1 aromatic rings. The average molecular weight is 194 g/mol. The van der Waals surface area contributed by atoms with Gasteiger partial charge in [-0.1, -0.05) is 11.6 Å². The molecule has 0 unspecified atom stereocenters. The lowest BCUT2D eigenvalue weighted by Gasteiger charge is -2.08. The van der Waals surface area contributed by atoms with Crippen LogP contribution in [-0.2, 0) is 4.79 Å². The van der Waals surface area contributed by atoms with Gasteiger partial charge in [-0.05, 0) is 12.1 Å². The highest BCUT2D eigenvalue weighted by Crippen LogP contribution is 2.25. The average Bonchev–Trinajstić information content (AvgIpc) is 2.15. The molecule has 0 N–H and O–H groups in total. The van der Waals surface area contributed by atoms with Crippen LogP contribution in [0, 0.1) is 0 Å². The molecular formula is C9H4ClNO2. The van der Waals surface area contributed by atoms with E-state index in [1.165, 1.54) is 12.3 Å². The molecule has 4 heteroatoms. The fourth-order valence-electron chi connectivity index (χ4n) is 1.16. The molecule has 0 fully saturated rings. The Bertz CT molecular complexity index is 437. The normalized spacial score (nSPS) is 15.3. The van der Waals surface area contributed by atoms with Crippen LogP contribution >= 0.6 is 11.6 Å². The molecule has 0 saturated heterocycles. The van der Waals surface area contributed by atoms with Crippen LogP contribution in [0.5, 0.6) is 0 Å². The number of hydrogen-bond donors (Lipinski definition) is 0. The van der Waals surface area contributed by atoms with Crippen LogP contribution in [0.25, 0.3) is 5.03 Å². The highest BCUT2D eigenvalue weighted by atomic mass is 35.5. The molecule has 13 heavy (non-hydrogen) atoms. The Morgan fingerprint density at radius 1 is 1.31 bits per heavy atom. The summed E-state index contributed by atoms with van der Waals surface area (Å²) in [4.78, 5) is 26.2. The first-order valence-electron chi connectivity index (χ1n) is 3.61. The van der Waals surface area contributed by atoms with Crippen molar-refractivity contribution in [2.45, 2.75) is 0 Å². The maximum absolute atomic E-state index is 11.3. The lowest BCUT2D eigenvalue weighted by molar-refractivity contribution is -0.110. The molecule has 0 amide bonds. The molecule has 0 aliphatic heterocycles. The van der Waals surface area contributed by atoms with Gasteiger partial charge in [-0.25, -0.2) is 0 Å². The van der Waals surface area contributed by atoms with E-state index in [9.17, 15) is 9.59 Å². The maximum Gasteiger partial charge on any atom is 0.235 e. The molecule has 1 aliphatic rings. The van der Waals surface area contributed by atoms with Gasteiger partial charge in [0.25, 0.3) is 0 Å². The van der Waals surface area contributed by atoms with E-state index in [1.807, 2.05) is 0 Å². The van der Waals surface area contributed by atoms with Crippen molar-refractivity contribution in [3.05, 3.63) is 35.7 Å². The Labute approximate surface area is 79.0 Å². The molecule has 0 radical (unpaired) electrons. The summed E-state index contributed by atoms with van der Waals surface area (Å²) in [6.07, 6.45) is 2.62. The number of pyridine rings is 1. The van der Waals surface area contributed by atoms with Gasteiger partial charge >= 0.3 is 0 Å². The van der Waals surface area contributed by atoms with Gasteiger partial charge < -0.3 is 0 Å². The second-order valence-electron chi connectivity index (χ2n) is 2.59. The third-order valence-corrected chi connectivity index (χ3v) is 2.05. The summed E-state index contributed by atoms with van der Waals surface area (Å²) >= 11 is 5.73. The first kappa shape index (κ1) is 8.13. The number of ketones is 2. The Morgan fingerprint density at radius 2 is 2.08 bits per heavy atom. The Kier molecular flexibility index (Phi) is 1.74. The van der Waals surface area contributed by atoms with Crippen molar-refractivity contribution >= 4 is 28.2 Å². The van der Waals surface area contributed by atoms with Gasteiger partial charge in [-0.2, -0.15) is 0 Å². The zero-order valence-corrected chi connectivity index (χ0v) is 7.21. The predicted octanol–water partition coefficient (Wildman–Crippen LogP) is 1.43. The molecule has 2 rings (SSSR count). The fraction of sp³-hybridized carbons (Fsp3) is 0. The molecule has 3 nitrogen and oxygen atoms in total. The zero-order chi connectivity index (χ0) is 9.42. The number of carbonyl (C=O) groups is 2. The number of nitrogens with zero attached hydrogens (tertiary/aromatic N) is 1. The number of carbonyl (C=O) groups excluding carboxylic acids is 2. The van der Waals surface area contributed by atoms with E-state index in [4.69, 9.17) is 11.6 Å². The van der Waals surface area contributed by atoms with Crippen LogP contribution in [0.4, 0.5) is 0 Å². The van der Waals surface area contributed by atoms with Crippen molar-refractivity contribution in [3.63, 3.8) is 0 Å². The van der Waals surface area contributed by atoms with Crippen molar-refractivity contribution in [2.24, 2.45) is 0 Å². The Hall–Kier alpha value is -1.48. The molecule has 1 aromatic heterocycles. The number of allylic oxidation sites excluding steroid dienone is 1. The van der Waals surface area contributed by atoms with Gasteiger partial charge in [0.05, 0.1) is 16.3 Å². The monoisotopic (exact) mass is 193 g/mol. The lowest BCUT2D eigenvalue weighted by atomic mass is 10.00. The quantitative estimate of drug-likeness (QED) is 0.586. The van der Waals surface area contributed by atoms with Gasteiger partial charge in [-0.15, -0.1) is 0 Å². The number of Topliss-reactive ketones (excluding diaryl/α,β-unsaturated/α-hetero) is 1. The SMILES string of the molecule is O=C1C=C(Cl)c2ncccc2C1=O. The molecule has 1 aliphatic carbocycles. The zero-order valence-electron chi connectivity index (χ0n) is 6.45. The van der Waals surface area contributed by atoms with E-state index in [0.717, 1.165) is 6.08 Å². The molecule has 0 atom stereocenters. The summed E-state index contributed by atoms with van der Waals surface area (Å²) in [6, 6.07) is 3.14. The fourth-order valence-corrected chi connectivity index (χ4v) is 1.41. The van der Waals surface area contributed by atoms with Gasteiger partial charge in [0.1, 0.15) is 0 Å². The van der Waals surface area contributed by atoms with Crippen LogP contribution in [-0.4, -0.2) is 16.6 Å². The molecule has 1 heterocycles. The first-order valence-corrected chi connectivity index (χ1v) is 3.99. The molecule has 0 aromatic carbocycles. The van der Waals surface area contributed by atoms with Crippen molar-refractivity contribution in [1.82, 2.24) is 4.98 Å². The van der Waals surface area contributed by atoms with Crippen LogP contribution in [0.15, 0.2) is 24.4 Å². The number of halogens is 1. The third kappa shape index (κ3) is 1.17. The second-order valence-corrected chi connectivity index (χ2v) is 2.99. The van der Waals surface area contributed by atoms with E-state index in [-0.39, 0.29) is 10.6 Å². The summed E-state index contributed by atoms with van der Waals surface area (Å²) in [5.74, 6) is -1.14. The molecular weight excluding hydrogens is 190 g/mol. The van der Waals surface area contributed by atoms with Crippen molar-refractivity contribution < 1.29 is 9.59 Å². The largest absolute Gasteiger partial charge is 0.285 e. The summed E-state index contributed by atoms with van der Waals surface area (Å²) in [5, 5.41) is 0.222. The second kappa shape index (κ2) is 2.78. The topological polar surface area (TPSA) is 47.0 Å². The van der Waals surface area contributed by atoms with Crippen LogP contribution in [0.3, 0.4) is 0 Å². The van der Waals surface area contributed by atoms with E-state index in [2.05, 4.69) is 4.98 Å². The van der Waals surface area contributed by atoms with Gasteiger partial charge in [0.15, 0.2) is 0 Å². The summed E-state index contributed by atoms with van der Waals surface area (Å²) in [6.45, 7) is 0. The lowest BCUT2D eigenvalue weighted by Crippen LogP contribution is -2.18. The molecule has 0 spiro atoms. The van der Waals surface area contributed by atoms with Gasteiger partial charge in [0, 0.05) is 12.3 Å². The highest BCUT2D eigenvalue weighted by molar-refractivity contribution is 6.59. The summed E-state index contributed by atoms with van der Waals surface area (Å²) in [5.41, 5.74) is 0.661. The standard InChI is InChI=1S/C9H4ClNO2/c10-6-4-7(12)9(13)5-2-1-3-11-8(5)6/h1-4H. The van der Waals surface area contributed by atoms with E-state index in [1.54, 1.807) is 6.07 Å². The smallest absolute Gasteiger partial charge is 0.235 e. The van der Waals surface area contributed by atoms with Crippen LogP contribution in [0.1, 0.15) is 16.1 Å². The van der Waals surface area contributed by atoms with Gasteiger partial charge in [-0.3, -0.25) is 14.6 Å². The minimum atomic E-state index is -0.592. The number of rotatable bonds is 0. The van der Waals surface area contributed by atoms with Crippen LogP contribution < -0.4 is 0 Å². The van der Waals surface area contributed by atoms with Crippen molar-refractivity contribution in [1.29, 1.82) is 0 Å². The number of hydrogen-bond acceptors (Lipinski definition) is 3. The molecule has 0 bridgehead atoms. The van der Waals surface area contributed by atoms with Crippen molar-refractivity contribution in [3.8, 4) is 0 Å². The van der Waals surface area contributed by atoms with Crippen molar-refractivity contribution in [2.75, 3.05) is 0 Å². The molecule has 0 saturated carbocycles. The highest BCUT2D eigenvalue weighted by Gasteiger charge is 2.25. The number of fused-ring (bicyclic) bond motifs is 1. The Morgan fingerprint density at radius 3 is 2.85 bits per heavy atom. The Balaban J connectivity index is 2.72. The minimum Gasteiger partial charge on any atom is -0.285 e. The first-order chi connectivity index (χ1) is 6.20. The molecule has 64 valence electrons. The summed E-state index contributed by atoms with van der Waals surface area (Å²) in [7, 11) is 0. The van der Waals surface area contributed by atoms with E-state index in [0.29, 0.717) is 5.69 Å². The predicted molar refractivity (Wildman–Crippen MR) is 47.4 cm³/mol. The van der Waals surface area contributed by atoms with E-state index < -0.39 is 11.6 Å². The minimum absolute atomic E-state index is 0.222. The van der Waals surface area contributed by atoms with Crippen LogP contribution in [0.2, 0.25) is 0 Å².